The highest BCUT2D eigenvalue weighted by molar-refractivity contribution is 14.1. The van der Waals surface area contributed by atoms with Gasteiger partial charge in [0.05, 0.1) is 0 Å². The zero-order valence-electron chi connectivity index (χ0n) is 14.9. The third-order valence-electron chi connectivity index (χ3n) is 3.91. The molecule has 4 nitrogen and oxygen atoms in total. The predicted molar refractivity (Wildman–Crippen MR) is 116 cm³/mol. The summed E-state index contributed by atoms with van der Waals surface area (Å²) in [6.45, 7) is 2.93. The lowest BCUT2D eigenvalue weighted by atomic mass is 10.1. The number of carbonyl (C=O) groups is 1. The normalized spacial score (nSPS) is 10.3. The van der Waals surface area contributed by atoms with Gasteiger partial charge in [0.15, 0.2) is 0 Å². The second-order valence-corrected chi connectivity index (χ2v) is 7.11. The summed E-state index contributed by atoms with van der Waals surface area (Å²) >= 11 is 2.23. The summed E-state index contributed by atoms with van der Waals surface area (Å²) in [5.41, 5.74) is 2.52. The summed E-state index contributed by atoms with van der Waals surface area (Å²) < 4.78 is 12.3. The van der Waals surface area contributed by atoms with Crippen molar-refractivity contribution < 1.29 is 14.3 Å². The summed E-state index contributed by atoms with van der Waals surface area (Å²) in [5.74, 6) is 1.43. The molecule has 1 amide bonds. The monoisotopic (exact) mass is 473 g/mol. The van der Waals surface area contributed by atoms with E-state index in [1.54, 1.807) is 0 Å². The highest BCUT2D eigenvalue weighted by Crippen LogP contribution is 2.18. The van der Waals surface area contributed by atoms with Crippen molar-refractivity contribution in [2.75, 3.05) is 18.5 Å². The largest absolute Gasteiger partial charge is 0.490 e. The number of nitrogens with one attached hydrogen (secondary N) is 1. The van der Waals surface area contributed by atoms with Gasteiger partial charge in [0.2, 0.25) is 0 Å². The maximum Gasteiger partial charge on any atom is 0.255 e. The topological polar surface area (TPSA) is 47.6 Å². The molecule has 0 aliphatic heterocycles. The van der Waals surface area contributed by atoms with Gasteiger partial charge in [-0.3, -0.25) is 4.79 Å². The van der Waals surface area contributed by atoms with E-state index in [2.05, 4.69) is 27.9 Å². The Kier molecular flexibility index (Phi) is 6.70. The van der Waals surface area contributed by atoms with Crippen LogP contribution in [0.5, 0.6) is 11.5 Å². The predicted octanol–water partition coefficient (Wildman–Crippen LogP) is 5.31. The minimum Gasteiger partial charge on any atom is -0.490 e. The Bertz CT molecular complexity index is 895. The molecule has 138 valence electrons. The Morgan fingerprint density at radius 1 is 0.889 bits per heavy atom. The van der Waals surface area contributed by atoms with E-state index in [0.29, 0.717) is 18.8 Å². The zero-order valence-corrected chi connectivity index (χ0v) is 17.1. The van der Waals surface area contributed by atoms with Crippen LogP contribution in [0.3, 0.4) is 0 Å². The Morgan fingerprint density at radius 3 is 2.15 bits per heavy atom. The maximum absolute atomic E-state index is 12.3. The molecule has 0 unspecified atom stereocenters. The smallest absolute Gasteiger partial charge is 0.255 e. The van der Waals surface area contributed by atoms with Crippen molar-refractivity contribution >= 4 is 34.2 Å². The van der Waals surface area contributed by atoms with E-state index < -0.39 is 0 Å². The molecular formula is C22H20INO3. The van der Waals surface area contributed by atoms with Crippen molar-refractivity contribution in [2.45, 2.75) is 6.92 Å². The fourth-order valence-electron chi connectivity index (χ4n) is 2.41. The minimum absolute atomic E-state index is 0.127. The zero-order chi connectivity index (χ0) is 19.1. The number of anilines is 1. The van der Waals surface area contributed by atoms with Crippen LogP contribution in [0.2, 0.25) is 0 Å². The Balaban J connectivity index is 1.48. The highest BCUT2D eigenvalue weighted by Gasteiger charge is 2.08. The second kappa shape index (κ2) is 9.41. The average molecular weight is 473 g/mol. The fraction of sp³-hybridized carbons (Fsp3) is 0.136. The van der Waals surface area contributed by atoms with Crippen molar-refractivity contribution in [3.63, 3.8) is 0 Å². The van der Waals surface area contributed by atoms with Crippen molar-refractivity contribution in [2.24, 2.45) is 0 Å². The molecule has 0 bridgehead atoms. The Labute approximate surface area is 172 Å². The maximum atomic E-state index is 12.3. The van der Waals surface area contributed by atoms with E-state index in [0.717, 1.165) is 26.3 Å². The molecule has 3 rings (SSSR count). The van der Waals surface area contributed by atoms with Gasteiger partial charge in [0.1, 0.15) is 24.7 Å². The molecule has 0 fully saturated rings. The lowest BCUT2D eigenvalue weighted by Crippen LogP contribution is -2.12. The molecule has 3 aromatic carbocycles. The number of benzene rings is 3. The van der Waals surface area contributed by atoms with Gasteiger partial charge >= 0.3 is 0 Å². The fourth-order valence-corrected chi connectivity index (χ4v) is 2.92. The molecule has 3 aromatic rings. The summed E-state index contributed by atoms with van der Waals surface area (Å²) in [7, 11) is 0. The first-order chi connectivity index (χ1) is 13.1. The summed E-state index contributed by atoms with van der Waals surface area (Å²) in [6.07, 6.45) is 0. The number of ether oxygens (including phenoxy) is 2. The van der Waals surface area contributed by atoms with Gasteiger partial charge in [-0.1, -0.05) is 24.3 Å². The first-order valence-electron chi connectivity index (χ1n) is 8.60. The van der Waals surface area contributed by atoms with Gasteiger partial charge in [-0.15, -0.1) is 0 Å². The molecule has 0 spiro atoms. The third kappa shape index (κ3) is 5.72. The van der Waals surface area contributed by atoms with Crippen LogP contribution >= 0.6 is 22.6 Å². The van der Waals surface area contributed by atoms with Crippen molar-refractivity contribution in [3.8, 4) is 11.5 Å². The first-order valence-corrected chi connectivity index (χ1v) is 9.68. The molecule has 0 atom stereocenters. The number of carbonyl (C=O) groups excluding carboxylic acids is 1. The van der Waals surface area contributed by atoms with Crippen LogP contribution in [0.15, 0.2) is 72.8 Å². The van der Waals surface area contributed by atoms with Crippen LogP contribution in [-0.2, 0) is 0 Å². The number of hydrogen-bond acceptors (Lipinski definition) is 3. The molecule has 0 radical (unpaired) electrons. The SMILES string of the molecule is Cc1ccc(C(=O)Nc2ccc(OCCOc3ccccc3)cc2)cc1I. The summed E-state index contributed by atoms with van der Waals surface area (Å²) in [6, 6.07) is 22.6. The summed E-state index contributed by atoms with van der Waals surface area (Å²) in [5, 5.41) is 2.90. The van der Waals surface area contributed by atoms with Crippen LogP contribution < -0.4 is 14.8 Å². The Hall–Kier alpha value is -2.54. The molecule has 0 aliphatic carbocycles. The van der Waals surface area contributed by atoms with E-state index in [-0.39, 0.29) is 5.91 Å². The van der Waals surface area contributed by atoms with Crippen LogP contribution in [-0.4, -0.2) is 19.1 Å². The molecule has 27 heavy (non-hydrogen) atoms. The third-order valence-corrected chi connectivity index (χ3v) is 5.07. The molecule has 0 aliphatic rings. The van der Waals surface area contributed by atoms with E-state index >= 15 is 0 Å². The molecule has 0 aromatic heterocycles. The molecule has 0 saturated carbocycles. The van der Waals surface area contributed by atoms with Crippen LogP contribution in [0, 0.1) is 10.5 Å². The summed E-state index contributed by atoms with van der Waals surface area (Å²) in [4.78, 5) is 12.3. The first kappa shape index (κ1) is 19.2. The van der Waals surface area contributed by atoms with E-state index in [9.17, 15) is 4.79 Å². The van der Waals surface area contributed by atoms with Gasteiger partial charge in [0, 0.05) is 14.8 Å². The minimum atomic E-state index is -0.127. The highest BCUT2D eigenvalue weighted by atomic mass is 127. The number of aryl methyl sites for hydroxylation is 1. The van der Waals surface area contributed by atoms with E-state index in [1.807, 2.05) is 79.7 Å². The average Bonchev–Trinajstić information content (AvgIpc) is 2.69. The number of para-hydroxylation sites is 1. The molecule has 1 N–H and O–H groups in total. The van der Waals surface area contributed by atoms with Crippen LogP contribution in [0.4, 0.5) is 5.69 Å². The molecular weight excluding hydrogens is 453 g/mol. The van der Waals surface area contributed by atoms with Gasteiger partial charge in [-0.25, -0.2) is 0 Å². The van der Waals surface area contributed by atoms with Crippen molar-refractivity contribution in [1.82, 2.24) is 0 Å². The van der Waals surface area contributed by atoms with Gasteiger partial charge in [0.25, 0.3) is 5.91 Å². The second-order valence-electron chi connectivity index (χ2n) is 5.95. The van der Waals surface area contributed by atoms with E-state index in [1.165, 1.54) is 0 Å². The number of halogens is 1. The van der Waals surface area contributed by atoms with Crippen molar-refractivity contribution in [3.05, 3.63) is 87.5 Å². The number of rotatable bonds is 7. The van der Waals surface area contributed by atoms with Crippen LogP contribution in [0.25, 0.3) is 0 Å². The van der Waals surface area contributed by atoms with Crippen LogP contribution in [0.1, 0.15) is 15.9 Å². The Morgan fingerprint density at radius 2 is 1.52 bits per heavy atom. The molecule has 5 heteroatoms. The van der Waals surface area contributed by atoms with Gasteiger partial charge in [-0.2, -0.15) is 0 Å². The number of hydrogen-bond donors (Lipinski definition) is 1. The lowest BCUT2D eigenvalue weighted by molar-refractivity contribution is 0.102. The standard InChI is InChI=1S/C22H20INO3/c1-16-7-8-17(15-21(16)23)22(25)24-18-9-11-20(12-10-18)27-14-13-26-19-5-3-2-4-6-19/h2-12,15H,13-14H2,1H3,(H,24,25). The quantitative estimate of drug-likeness (QED) is 0.374. The van der Waals surface area contributed by atoms with Crippen molar-refractivity contribution in [1.29, 1.82) is 0 Å². The van der Waals surface area contributed by atoms with Gasteiger partial charge in [-0.05, 0) is 83.6 Å². The molecule has 0 heterocycles. The van der Waals surface area contributed by atoms with E-state index in [4.69, 9.17) is 9.47 Å². The number of amides is 1. The molecule has 0 saturated heterocycles. The lowest BCUT2D eigenvalue weighted by Gasteiger charge is -2.10. The van der Waals surface area contributed by atoms with Gasteiger partial charge < -0.3 is 14.8 Å².